The lowest BCUT2D eigenvalue weighted by Crippen LogP contribution is -2.50. The molecular formula is C60H74FN5O13. The van der Waals surface area contributed by atoms with Crippen LogP contribution in [0.1, 0.15) is 127 Å². The van der Waals surface area contributed by atoms with Crippen molar-refractivity contribution < 1.29 is 62.6 Å². The van der Waals surface area contributed by atoms with Crippen molar-refractivity contribution in [2.24, 2.45) is 29.6 Å². The molecule has 0 radical (unpaired) electrons. The molecule has 1 saturated carbocycles. The van der Waals surface area contributed by atoms with Gasteiger partial charge in [-0.3, -0.25) is 38.1 Å². The molecule has 1 aromatic carbocycles. The van der Waals surface area contributed by atoms with Crippen LogP contribution < -0.4 is 20.5 Å². The quantitative estimate of drug-likeness (QED) is 0.189. The Morgan fingerprint density at radius 3 is 2.22 bits per heavy atom. The maximum Gasteiger partial charge on any atom is 0.312 e. The number of aliphatic hydroxyl groups is 2. The number of rotatable bonds is 7. The number of benzene rings is 1. The molecule has 3 fully saturated rings. The highest BCUT2D eigenvalue weighted by atomic mass is 19.1. The zero-order valence-electron chi connectivity index (χ0n) is 47.0. The Labute approximate surface area is 459 Å². The molecule has 4 N–H and O–H groups in total. The van der Waals surface area contributed by atoms with Crippen molar-refractivity contribution in [2.45, 2.75) is 125 Å². The second-order valence-corrected chi connectivity index (χ2v) is 22.9. The number of aromatic nitrogens is 1. The first kappa shape index (κ1) is 57.0. The van der Waals surface area contributed by atoms with Crippen LogP contribution in [-0.2, 0) is 23.8 Å². The second-order valence-electron chi connectivity index (χ2n) is 22.9. The number of pyridine rings is 2. The largest absolute Gasteiger partial charge is 0.507 e. The van der Waals surface area contributed by atoms with Gasteiger partial charge in [0.25, 0.3) is 17.2 Å². The van der Waals surface area contributed by atoms with Crippen molar-refractivity contribution in [1.82, 2.24) is 19.5 Å². The van der Waals surface area contributed by atoms with Crippen LogP contribution in [0, 0.1) is 56.2 Å². The van der Waals surface area contributed by atoms with Gasteiger partial charge < -0.3 is 49.4 Å². The van der Waals surface area contributed by atoms with Crippen molar-refractivity contribution in [3.63, 3.8) is 0 Å². The number of methoxy groups -OCH3 is 1. The van der Waals surface area contributed by atoms with Gasteiger partial charge in [-0.15, -0.1) is 0 Å². The normalized spacial score (nSPS) is 30.8. The number of ether oxygens (including phenoxy) is 4. The van der Waals surface area contributed by atoms with Gasteiger partial charge in [0.2, 0.25) is 11.6 Å². The highest BCUT2D eigenvalue weighted by Gasteiger charge is 2.53. The van der Waals surface area contributed by atoms with Crippen LogP contribution in [0.3, 0.4) is 0 Å². The molecule has 3 aromatic rings. The van der Waals surface area contributed by atoms with Crippen molar-refractivity contribution in [2.75, 3.05) is 57.8 Å². The zero-order valence-corrected chi connectivity index (χ0v) is 47.0. The van der Waals surface area contributed by atoms with E-state index in [9.17, 15) is 34.5 Å². The van der Waals surface area contributed by atoms with Crippen molar-refractivity contribution in [1.29, 1.82) is 0 Å². The van der Waals surface area contributed by atoms with Crippen molar-refractivity contribution in [3.8, 4) is 11.5 Å². The van der Waals surface area contributed by atoms with Gasteiger partial charge in [0.15, 0.2) is 5.82 Å². The number of ketones is 3. The number of carbonyl (C=O) groups is 5. The highest BCUT2D eigenvalue weighted by molar-refractivity contribution is 6.32. The van der Waals surface area contributed by atoms with Gasteiger partial charge in [-0.1, -0.05) is 45.9 Å². The Kier molecular flexibility index (Phi) is 16.0. The highest BCUT2D eigenvalue weighted by Crippen LogP contribution is 2.49. The molecule has 7 aliphatic rings. The maximum absolute atomic E-state index is 16.1. The van der Waals surface area contributed by atoms with E-state index in [4.69, 9.17) is 18.9 Å². The number of aliphatic hydroxyl groups excluding tert-OH is 2. The molecule has 79 heavy (non-hydrogen) atoms. The number of phenolic OH excluding ortho intramolecular Hbond substituents is 1. The molecule has 2 aliphatic carbocycles. The van der Waals surface area contributed by atoms with E-state index >= 15 is 14.0 Å². The van der Waals surface area contributed by atoms with Gasteiger partial charge in [-0.2, -0.15) is 0 Å². The Bertz CT molecular complexity index is 3200. The summed E-state index contributed by atoms with van der Waals surface area (Å²) in [5.41, 5.74) is 1.92. The number of hydrogen-bond donors (Lipinski definition) is 4. The van der Waals surface area contributed by atoms with E-state index in [0.717, 1.165) is 35.9 Å². The number of fused-ring (bicyclic) bond motifs is 15. The monoisotopic (exact) mass is 1090 g/mol. The summed E-state index contributed by atoms with van der Waals surface area (Å²) in [5, 5.41) is 37.7. The van der Waals surface area contributed by atoms with Gasteiger partial charge in [-0.05, 0) is 82.1 Å². The first-order chi connectivity index (χ1) is 37.4. The number of phenols is 1. The molecule has 7 heterocycles. The number of hydrogen-bond acceptors (Lipinski definition) is 16. The van der Waals surface area contributed by atoms with E-state index in [0.29, 0.717) is 49.9 Å². The molecule has 2 aromatic heterocycles. The molecule has 18 nitrogen and oxygen atoms in total. The number of amides is 1. The molecule has 10 atom stereocenters. The molecule has 19 heteroatoms. The molecular weight excluding hydrogens is 1020 g/mol. The van der Waals surface area contributed by atoms with E-state index in [1.54, 1.807) is 51.7 Å². The fourth-order valence-corrected chi connectivity index (χ4v) is 12.6. The van der Waals surface area contributed by atoms with Crippen LogP contribution >= 0.6 is 0 Å². The summed E-state index contributed by atoms with van der Waals surface area (Å²) in [7, 11) is 1.43. The van der Waals surface area contributed by atoms with Crippen LogP contribution in [0.2, 0.25) is 0 Å². The molecule has 2 saturated heterocycles. The van der Waals surface area contributed by atoms with Gasteiger partial charge in [0.1, 0.15) is 29.0 Å². The van der Waals surface area contributed by atoms with Crippen LogP contribution in [0.15, 0.2) is 64.6 Å². The Morgan fingerprint density at radius 1 is 0.861 bits per heavy atom. The number of anilines is 1. The molecule has 1 unspecified atom stereocenters. The number of Topliss-reactive ketones (excluding diaryl/α,β-unsaturated/α-hetero) is 3. The summed E-state index contributed by atoms with van der Waals surface area (Å²) >= 11 is 0. The maximum atomic E-state index is 16.1. The number of piperazine rings is 1. The number of carbonyl (C=O) groups excluding carboxylic acids is 5. The predicted octanol–water partition coefficient (Wildman–Crippen LogP) is 6.35. The van der Waals surface area contributed by atoms with Crippen LogP contribution in [-0.4, -0.2) is 142 Å². The van der Waals surface area contributed by atoms with Crippen LogP contribution in [0.4, 0.5) is 10.1 Å². The summed E-state index contributed by atoms with van der Waals surface area (Å²) < 4.78 is 41.5. The minimum atomic E-state index is -2.13. The molecule has 10 rings (SSSR count). The molecule has 1 amide bonds. The first-order valence-electron chi connectivity index (χ1n) is 27.5. The number of nitrogens with one attached hydrogen (secondary N) is 1. The summed E-state index contributed by atoms with van der Waals surface area (Å²) in [4.78, 5) is 91.1. The average molecular weight is 1090 g/mol. The number of aromatic hydroxyl groups is 1. The minimum absolute atomic E-state index is 0.0164. The smallest absolute Gasteiger partial charge is 0.312 e. The number of halogens is 1. The summed E-state index contributed by atoms with van der Waals surface area (Å²) in [6, 6.07) is 1.96. The van der Waals surface area contributed by atoms with E-state index in [1.807, 2.05) is 13.0 Å². The number of esters is 1. The molecule has 0 spiro atoms. The Balaban J connectivity index is 1.02. The standard InChI is InChI=1S/C60H74FN5O13/c1-29-13-12-14-30(2)58(74)62-46-49(64-22-20-63(21-23-64)26-38-17-19-65(27-38)48-33(5)47-40(39-15-16-39)25-31(3)59(75)66(47)28-41(48)61)54(72)43-44(53(46)71)52(70)36(8)56-45(43)57(73)60(10,79-56)77-24-18-42(76-11)32(4)55(78-37(9)67)35(7)51(69)34(6)50(29)68/h12-14,18,24-25,28-29,32,34-35,38-39,42,50-51,55,68-70H,15-17,19-23,26-27H2,1-11H3,(H,62,74)/b13-12+,24-18+,30-14-/t29-,32+,34+,35+,38?,42-,50-,51+,55+,60-/m0/s1. The second kappa shape index (κ2) is 22.1. The average Bonchev–Trinajstić information content (AvgIpc) is 4.01. The Morgan fingerprint density at radius 2 is 1.56 bits per heavy atom. The minimum Gasteiger partial charge on any atom is -0.507 e. The summed E-state index contributed by atoms with van der Waals surface area (Å²) in [5.74, 6) is -9.33. The lowest BCUT2D eigenvalue weighted by molar-refractivity contribution is -0.160. The lowest BCUT2D eigenvalue weighted by atomic mass is 9.78. The Hall–Kier alpha value is -6.67. The SMILES string of the molecule is CO[C@H]1/C=C/O[C@@]2(C)Oc3c(C)c(O)c4c(c3C2=O)C(=O)C(N2CCN(CC3CCN(c5c(F)cn6c(=O)c(C)cc(C7CC7)c6c5C)C3)CC2)=C(NC(=O)/C(C)=C\C=C\[C@H](C)[C@H](O)[C@@H](C)[C@@H](O)[C@@H](C)[C@H](OC(C)=O)[C@@H]1C)C4=O. The number of allylic oxidation sites excluding steroid dienone is 4. The third-order valence-corrected chi connectivity index (χ3v) is 17.4. The fourth-order valence-electron chi connectivity index (χ4n) is 12.6. The topological polar surface area (TPSA) is 226 Å². The van der Waals surface area contributed by atoms with Gasteiger partial charge in [0.05, 0.1) is 58.7 Å². The third kappa shape index (κ3) is 10.4. The van der Waals surface area contributed by atoms with E-state index in [-0.39, 0.29) is 58.4 Å². The van der Waals surface area contributed by atoms with Crippen LogP contribution in [0.5, 0.6) is 11.5 Å². The molecule has 5 bridgehead atoms. The fraction of sp³-hybridized carbons (Fsp3) is 0.533. The van der Waals surface area contributed by atoms with E-state index in [1.165, 1.54) is 63.8 Å². The van der Waals surface area contributed by atoms with Crippen molar-refractivity contribution in [3.05, 3.63) is 115 Å². The van der Waals surface area contributed by atoms with Crippen molar-refractivity contribution >= 4 is 40.4 Å². The summed E-state index contributed by atoms with van der Waals surface area (Å²) in [6.07, 6.45) is 7.54. The molecule has 424 valence electrons. The van der Waals surface area contributed by atoms with E-state index < -0.39 is 106 Å². The van der Waals surface area contributed by atoms with Gasteiger partial charge >= 0.3 is 11.8 Å². The van der Waals surface area contributed by atoms with Crippen LogP contribution in [0.25, 0.3) is 5.52 Å². The van der Waals surface area contributed by atoms with Gasteiger partial charge in [-0.25, -0.2) is 4.39 Å². The summed E-state index contributed by atoms with van der Waals surface area (Å²) in [6.45, 7) is 19.3. The first-order valence-corrected chi connectivity index (χ1v) is 27.5. The third-order valence-electron chi connectivity index (χ3n) is 17.4. The number of nitrogens with zero attached hydrogens (tertiary/aromatic N) is 4. The zero-order chi connectivity index (χ0) is 57.3. The predicted molar refractivity (Wildman–Crippen MR) is 292 cm³/mol. The molecule has 5 aliphatic heterocycles. The number of aryl methyl sites for hydroxylation is 2. The van der Waals surface area contributed by atoms with Gasteiger partial charge in [0, 0.05) is 107 Å². The van der Waals surface area contributed by atoms with E-state index in [2.05, 4.69) is 15.1 Å². The lowest BCUT2D eigenvalue weighted by Gasteiger charge is -2.39.